The summed E-state index contributed by atoms with van der Waals surface area (Å²) in [5, 5.41) is 0.764. The van der Waals surface area contributed by atoms with Crippen LogP contribution in [0, 0.1) is 0 Å². The van der Waals surface area contributed by atoms with Crippen molar-refractivity contribution < 1.29 is 23.8 Å². The predicted molar refractivity (Wildman–Crippen MR) is 87.5 cm³/mol. The topological polar surface area (TPSA) is 74.7 Å². The van der Waals surface area contributed by atoms with Crippen LogP contribution in [-0.4, -0.2) is 36.6 Å². The van der Waals surface area contributed by atoms with Crippen LogP contribution in [0.1, 0.15) is 36.9 Å². The third kappa shape index (κ3) is 4.19. The molecule has 0 aliphatic heterocycles. The largest absolute Gasteiger partial charge is 0.491 e. The zero-order valence-corrected chi connectivity index (χ0v) is 14.6. The van der Waals surface area contributed by atoms with Crippen molar-refractivity contribution in [3.05, 3.63) is 17.0 Å². The Labute approximate surface area is 138 Å². The smallest absolute Gasteiger partial charge is 0.314 e. The summed E-state index contributed by atoms with van der Waals surface area (Å²) >= 11 is 1.21. The van der Waals surface area contributed by atoms with E-state index in [1.54, 1.807) is 32.9 Å². The molecule has 0 unspecified atom stereocenters. The number of carbonyl (C=O) groups excluding carboxylic acids is 2. The number of rotatable bonds is 5. The van der Waals surface area contributed by atoms with E-state index < -0.39 is 11.6 Å². The van der Waals surface area contributed by atoms with Crippen molar-refractivity contribution >= 4 is 33.3 Å². The number of carbonyl (C=O) groups is 2. The monoisotopic (exact) mass is 337 g/mol. The third-order valence-corrected chi connectivity index (χ3v) is 3.94. The van der Waals surface area contributed by atoms with Gasteiger partial charge in [0.15, 0.2) is 11.5 Å². The molecule has 0 spiro atoms. The van der Waals surface area contributed by atoms with E-state index in [1.807, 2.05) is 0 Å². The molecule has 0 atom stereocenters. The number of methoxy groups -OCH3 is 2. The fraction of sp³-hybridized carbons (Fsp3) is 0.438. The van der Waals surface area contributed by atoms with Crippen LogP contribution in [0.5, 0.6) is 11.6 Å². The van der Waals surface area contributed by atoms with Crippen LogP contribution in [0.25, 0.3) is 10.2 Å². The van der Waals surface area contributed by atoms with Crippen molar-refractivity contribution in [2.24, 2.45) is 0 Å². The highest BCUT2D eigenvalue weighted by Gasteiger charge is 2.21. The molecule has 0 aliphatic carbocycles. The van der Waals surface area contributed by atoms with Crippen molar-refractivity contribution in [1.29, 1.82) is 0 Å². The maximum absolute atomic E-state index is 12.2. The van der Waals surface area contributed by atoms with Gasteiger partial charge in [-0.3, -0.25) is 9.59 Å². The van der Waals surface area contributed by atoms with Crippen molar-refractivity contribution in [3.63, 3.8) is 0 Å². The molecule has 0 aliphatic rings. The zero-order chi connectivity index (χ0) is 17.2. The van der Waals surface area contributed by atoms with Gasteiger partial charge in [-0.1, -0.05) is 0 Å². The summed E-state index contributed by atoms with van der Waals surface area (Å²) in [5.41, 5.74) is -0.611. The van der Waals surface area contributed by atoms with Gasteiger partial charge in [-0.15, -0.1) is 11.3 Å². The summed E-state index contributed by atoms with van der Waals surface area (Å²) in [4.78, 5) is 29.4. The molecular weight excluding hydrogens is 318 g/mol. The molecule has 2 heterocycles. The van der Waals surface area contributed by atoms with E-state index in [0.717, 1.165) is 5.39 Å². The molecule has 2 aromatic heterocycles. The van der Waals surface area contributed by atoms with Crippen LogP contribution in [0.4, 0.5) is 0 Å². The highest BCUT2D eigenvalue weighted by molar-refractivity contribution is 7.20. The van der Waals surface area contributed by atoms with E-state index in [9.17, 15) is 9.59 Å². The van der Waals surface area contributed by atoms with Crippen LogP contribution >= 0.6 is 11.3 Å². The Morgan fingerprint density at radius 1 is 1.17 bits per heavy atom. The van der Waals surface area contributed by atoms with Crippen LogP contribution in [0.15, 0.2) is 12.1 Å². The highest BCUT2D eigenvalue weighted by Crippen LogP contribution is 2.33. The lowest BCUT2D eigenvalue weighted by molar-refractivity contribution is -0.153. The molecule has 6 nitrogen and oxygen atoms in total. The fourth-order valence-electron chi connectivity index (χ4n) is 1.96. The molecule has 0 N–H and O–H groups in total. The van der Waals surface area contributed by atoms with Gasteiger partial charge in [-0.2, -0.15) is 4.98 Å². The number of ketones is 1. The number of hydrogen-bond donors (Lipinski definition) is 0. The molecule has 2 aromatic rings. The number of pyridine rings is 1. The molecule has 7 heteroatoms. The normalized spacial score (nSPS) is 11.3. The van der Waals surface area contributed by atoms with Crippen LogP contribution < -0.4 is 9.47 Å². The summed E-state index contributed by atoms with van der Waals surface area (Å²) in [6, 6.07) is 3.45. The molecule has 0 bridgehead atoms. The quantitative estimate of drug-likeness (QED) is 0.474. The highest BCUT2D eigenvalue weighted by atomic mass is 32.1. The Morgan fingerprint density at radius 3 is 2.43 bits per heavy atom. The Hall–Kier alpha value is -2.15. The van der Waals surface area contributed by atoms with Crippen molar-refractivity contribution in [2.45, 2.75) is 32.8 Å². The molecule has 2 rings (SSSR count). The standard InChI is InChI=1S/C16H19NO5S/c1-16(2,3)22-13(19)8-10(18)12-7-9-6-11(20-4)14(21-5)17-15(9)23-12/h6-7H,8H2,1-5H3. The molecule has 0 amide bonds. The first-order valence-corrected chi connectivity index (χ1v) is 7.83. The minimum absolute atomic E-state index is 0.291. The average Bonchev–Trinajstić information content (AvgIpc) is 2.86. The van der Waals surface area contributed by atoms with E-state index in [4.69, 9.17) is 14.2 Å². The minimum Gasteiger partial charge on any atom is -0.491 e. The second-order valence-electron chi connectivity index (χ2n) is 5.89. The molecular formula is C16H19NO5S. The zero-order valence-electron chi connectivity index (χ0n) is 13.8. The summed E-state index contributed by atoms with van der Waals surface area (Å²) in [6.45, 7) is 5.28. The fourth-order valence-corrected chi connectivity index (χ4v) is 2.91. The van der Waals surface area contributed by atoms with Gasteiger partial charge in [0, 0.05) is 5.39 Å². The van der Waals surface area contributed by atoms with E-state index in [0.29, 0.717) is 21.3 Å². The second-order valence-corrected chi connectivity index (χ2v) is 6.92. The summed E-state index contributed by atoms with van der Waals surface area (Å²) in [5.74, 6) is 0.0141. The Bertz CT molecular complexity index is 704. The molecule has 0 saturated heterocycles. The number of aromatic nitrogens is 1. The van der Waals surface area contributed by atoms with Gasteiger partial charge in [0.05, 0.1) is 19.1 Å². The van der Waals surface area contributed by atoms with Crippen molar-refractivity contribution in [2.75, 3.05) is 14.2 Å². The number of Topliss-reactive ketones (excluding diaryl/α,β-unsaturated/α-hetero) is 1. The Morgan fingerprint density at radius 2 is 1.87 bits per heavy atom. The Balaban J connectivity index is 2.23. The first kappa shape index (κ1) is 17.2. The van der Waals surface area contributed by atoms with E-state index in [1.165, 1.54) is 25.6 Å². The first-order valence-electron chi connectivity index (χ1n) is 7.01. The number of fused-ring (bicyclic) bond motifs is 1. The van der Waals surface area contributed by atoms with Crippen LogP contribution in [0.3, 0.4) is 0 Å². The van der Waals surface area contributed by atoms with E-state index in [2.05, 4.69) is 4.98 Å². The SMILES string of the molecule is COc1cc2cc(C(=O)CC(=O)OC(C)(C)C)sc2nc1OC. The number of ether oxygens (including phenoxy) is 3. The minimum atomic E-state index is -0.611. The number of thiophene rings is 1. The van der Waals surface area contributed by atoms with Gasteiger partial charge in [-0.25, -0.2) is 0 Å². The third-order valence-electron chi connectivity index (χ3n) is 2.85. The van der Waals surface area contributed by atoms with Crippen LogP contribution in [0.2, 0.25) is 0 Å². The lowest BCUT2D eigenvalue weighted by Gasteiger charge is -2.18. The molecule has 124 valence electrons. The van der Waals surface area contributed by atoms with Crippen molar-refractivity contribution in [1.82, 2.24) is 4.98 Å². The summed E-state index contributed by atoms with van der Waals surface area (Å²) in [6.07, 6.45) is -0.293. The van der Waals surface area contributed by atoms with Gasteiger partial charge in [0.1, 0.15) is 16.9 Å². The number of nitrogens with zero attached hydrogens (tertiary/aromatic N) is 1. The average molecular weight is 337 g/mol. The lowest BCUT2D eigenvalue weighted by Crippen LogP contribution is -2.25. The van der Waals surface area contributed by atoms with Gasteiger partial charge in [-0.05, 0) is 32.9 Å². The number of esters is 1. The number of hydrogen-bond acceptors (Lipinski definition) is 7. The second kappa shape index (κ2) is 6.54. The summed E-state index contributed by atoms with van der Waals surface area (Å²) in [7, 11) is 3.02. The molecule has 0 saturated carbocycles. The molecule has 23 heavy (non-hydrogen) atoms. The molecule has 0 aromatic carbocycles. The Kier molecular flexibility index (Phi) is 4.89. The van der Waals surface area contributed by atoms with Crippen molar-refractivity contribution in [3.8, 4) is 11.6 Å². The maximum Gasteiger partial charge on any atom is 0.314 e. The van der Waals surface area contributed by atoms with Gasteiger partial charge in [0.2, 0.25) is 0 Å². The lowest BCUT2D eigenvalue weighted by atomic mass is 10.2. The van der Waals surface area contributed by atoms with E-state index >= 15 is 0 Å². The van der Waals surface area contributed by atoms with Gasteiger partial charge in [0.25, 0.3) is 5.88 Å². The maximum atomic E-state index is 12.2. The van der Waals surface area contributed by atoms with Gasteiger partial charge < -0.3 is 14.2 Å². The first-order chi connectivity index (χ1) is 10.7. The van der Waals surface area contributed by atoms with Crippen LogP contribution in [-0.2, 0) is 9.53 Å². The molecule has 0 radical (unpaired) electrons. The molecule has 0 fully saturated rings. The predicted octanol–water partition coefficient (Wildman–Crippen LogP) is 3.23. The summed E-state index contributed by atoms with van der Waals surface area (Å²) < 4.78 is 15.5. The van der Waals surface area contributed by atoms with E-state index in [-0.39, 0.29) is 12.2 Å². The van der Waals surface area contributed by atoms with Gasteiger partial charge >= 0.3 is 5.97 Å².